The molecular formula is C19H26ClN3O3S+2. The Morgan fingerprint density at radius 1 is 1.11 bits per heavy atom. The second-order valence-electron chi connectivity index (χ2n) is 6.67. The molecule has 3 N–H and O–H groups in total. The number of rotatable bonds is 7. The number of carbonyl (C=O) groups is 1. The summed E-state index contributed by atoms with van der Waals surface area (Å²) in [7, 11) is 3.18. The average Bonchev–Trinajstić information content (AvgIpc) is 3.08. The maximum atomic E-state index is 12.4. The van der Waals surface area contributed by atoms with E-state index in [1.54, 1.807) is 42.6 Å². The molecule has 3 rings (SSSR count). The van der Waals surface area contributed by atoms with E-state index < -0.39 is 0 Å². The van der Waals surface area contributed by atoms with E-state index in [-0.39, 0.29) is 5.91 Å². The Kier molecular flexibility index (Phi) is 6.95. The van der Waals surface area contributed by atoms with Crippen LogP contribution in [-0.2, 0) is 11.3 Å². The Bertz CT molecular complexity index is 775. The van der Waals surface area contributed by atoms with E-state index in [9.17, 15) is 4.79 Å². The van der Waals surface area contributed by atoms with Crippen LogP contribution in [0.4, 0.5) is 5.69 Å². The molecule has 2 heterocycles. The van der Waals surface area contributed by atoms with Gasteiger partial charge in [0, 0.05) is 6.07 Å². The lowest BCUT2D eigenvalue weighted by molar-refractivity contribution is -1.01. The summed E-state index contributed by atoms with van der Waals surface area (Å²) in [6.07, 6.45) is 0. The second-order valence-corrected chi connectivity index (χ2v) is 8.47. The first-order valence-corrected chi connectivity index (χ1v) is 10.2. The number of anilines is 1. The van der Waals surface area contributed by atoms with Gasteiger partial charge in [-0.2, -0.15) is 0 Å². The molecular weight excluding hydrogens is 386 g/mol. The normalized spacial score (nSPS) is 19.5. The van der Waals surface area contributed by atoms with Crippen molar-refractivity contribution in [3.63, 3.8) is 0 Å². The average molecular weight is 412 g/mol. The van der Waals surface area contributed by atoms with E-state index in [1.165, 1.54) is 9.78 Å². The lowest BCUT2D eigenvalue weighted by atomic mass is 10.2. The molecule has 0 aliphatic carbocycles. The number of hydrogen-bond donors (Lipinski definition) is 3. The molecule has 1 saturated heterocycles. The van der Waals surface area contributed by atoms with Crippen LogP contribution < -0.4 is 24.6 Å². The van der Waals surface area contributed by atoms with Crippen molar-refractivity contribution in [2.75, 3.05) is 52.3 Å². The fourth-order valence-electron chi connectivity index (χ4n) is 3.33. The summed E-state index contributed by atoms with van der Waals surface area (Å²) in [5.74, 6) is 1.30. The number of ether oxygens (including phenoxy) is 2. The highest BCUT2D eigenvalue weighted by molar-refractivity contribution is 7.16. The number of carbonyl (C=O) groups excluding carboxylic acids is 1. The maximum Gasteiger partial charge on any atom is 0.279 e. The number of hydrogen-bond acceptors (Lipinski definition) is 4. The van der Waals surface area contributed by atoms with Crippen molar-refractivity contribution < 1.29 is 24.1 Å². The number of nitrogens with one attached hydrogen (secondary N) is 3. The third-order valence-corrected chi connectivity index (χ3v) is 6.04. The van der Waals surface area contributed by atoms with E-state index in [2.05, 4.69) is 11.4 Å². The summed E-state index contributed by atoms with van der Waals surface area (Å²) in [6, 6.07) is 9.44. The van der Waals surface area contributed by atoms with Crippen molar-refractivity contribution in [1.82, 2.24) is 0 Å². The van der Waals surface area contributed by atoms with Crippen LogP contribution in [0.15, 0.2) is 30.3 Å². The fourth-order valence-corrected chi connectivity index (χ4v) is 4.49. The molecule has 146 valence electrons. The van der Waals surface area contributed by atoms with Gasteiger partial charge in [0.25, 0.3) is 5.91 Å². The largest absolute Gasteiger partial charge is 0.497 e. The fraction of sp³-hybridized carbons (Fsp3) is 0.421. The van der Waals surface area contributed by atoms with Gasteiger partial charge < -0.3 is 24.6 Å². The van der Waals surface area contributed by atoms with Crippen LogP contribution in [0.3, 0.4) is 0 Å². The highest BCUT2D eigenvalue weighted by atomic mass is 35.5. The van der Waals surface area contributed by atoms with E-state index in [4.69, 9.17) is 21.1 Å². The molecule has 1 aliphatic rings. The molecule has 0 atom stereocenters. The zero-order chi connectivity index (χ0) is 19.2. The van der Waals surface area contributed by atoms with Gasteiger partial charge in [-0.25, -0.2) is 0 Å². The lowest BCUT2D eigenvalue weighted by Crippen LogP contribution is -3.28. The number of amides is 1. The van der Waals surface area contributed by atoms with Gasteiger partial charge in [0.05, 0.1) is 29.1 Å². The van der Waals surface area contributed by atoms with Crippen LogP contribution >= 0.6 is 22.9 Å². The summed E-state index contributed by atoms with van der Waals surface area (Å²) >= 11 is 7.66. The molecule has 0 saturated carbocycles. The smallest absolute Gasteiger partial charge is 0.279 e. The van der Waals surface area contributed by atoms with Gasteiger partial charge in [0.1, 0.15) is 44.2 Å². The molecule has 1 amide bonds. The number of thiophene rings is 1. The molecule has 1 aromatic carbocycles. The predicted molar refractivity (Wildman–Crippen MR) is 107 cm³/mol. The highest BCUT2D eigenvalue weighted by Gasteiger charge is 2.25. The predicted octanol–water partition coefficient (Wildman–Crippen LogP) is 0.341. The van der Waals surface area contributed by atoms with Gasteiger partial charge in [-0.05, 0) is 24.3 Å². The highest BCUT2D eigenvalue weighted by Crippen LogP contribution is 2.28. The van der Waals surface area contributed by atoms with Gasteiger partial charge in [0.15, 0.2) is 6.54 Å². The minimum Gasteiger partial charge on any atom is -0.497 e. The van der Waals surface area contributed by atoms with Gasteiger partial charge in [-0.1, -0.05) is 11.6 Å². The molecule has 6 nitrogen and oxygen atoms in total. The Hall–Kier alpha value is -1.80. The standard InChI is InChI=1S/C19H24ClN3O3S/c1-25-14-3-5-16(17(11-14)26-2)21-19(24)13-23-9-7-22(8-10-23)12-15-4-6-18(20)27-15/h3-6,11H,7-10,12-13H2,1-2H3,(H,21,24)/p+2. The van der Waals surface area contributed by atoms with Crippen molar-refractivity contribution >= 4 is 34.5 Å². The monoisotopic (exact) mass is 411 g/mol. The Morgan fingerprint density at radius 3 is 2.48 bits per heavy atom. The molecule has 0 radical (unpaired) electrons. The van der Waals surface area contributed by atoms with Crippen LogP contribution in [0.5, 0.6) is 11.5 Å². The van der Waals surface area contributed by atoms with E-state index in [1.807, 2.05) is 12.1 Å². The van der Waals surface area contributed by atoms with Crippen LogP contribution in [0, 0.1) is 0 Å². The maximum absolute atomic E-state index is 12.4. The molecule has 0 unspecified atom stereocenters. The first kappa shape index (κ1) is 19.9. The Morgan fingerprint density at radius 2 is 1.85 bits per heavy atom. The number of halogens is 1. The summed E-state index contributed by atoms with van der Waals surface area (Å²) in [6.45, 7) is 5.57. The number of piperazine rings is 1. The molecule has 8 heteroatoms. The van der Waals surface area contributed by atoms with Crippen molar-refractivity contribution in [3.8, 4) is 11.5 Å². The molecule has 1 aromatic heterocycles. The van der Waals surface area contributed by atoms with Gasteiger partial charge >= 0.3 is 0 Å². The second kappa shape index (κ2) is 9.41. The molecule has 1 fully saturated rings. The quantitative estimate of drug-likeness (QED) is 0.616. The van der Waals surface area contributed by atoms with Crippen molar-refractivity contribution in [1.29, 1.82) is 0 Å². The van der Waals surface area contributed by atoms with Gasteiger partial charge in [0.2, 0.25) is 0 Å². The first-order valence-electron chi connectivity index (χ1n) is 9.00. The van der Waals surface area contributed by atoms with Gasteiger partial charge in [-0.15, -0.1) is 11.3 Å². The minimum absolute atomic E-state index is 0.00181. The Balaban J connectivity index is 1.47. The van der Waals surface area contributed by atoms with Crippen LogP contribution in [0.2, 0.25) is 4.34 Å². The third-order valence-electron chi connectivity index (χ3n) is 4.81. The van der Waals surface area contributed by atoms with Crippen LogP contribution in [0.1, 0.15) is 4.88 Å². The van der Waals surface area contributed by atoms with Gasteiger partial charge in [-0.3, -0.25) is 4.79 Å². The zero-order valence-electron chi connectivity index (χ0n) is 15.6. The molecule has 0 bridgehead atoms. The number of quaternary nitrogens is 2. The Labute approximate surface area is 168 Å². The topological polar surface area (TPSA) is 56.4 Å². The molecule has 27 heavy (non-hydrogen) atoms. The summed E-state index contributed by atoms with van der Waals surface area (Å²) in [4.78, 5) is 16.6. The number of methoxy groups -OCH3 is 2. The summed E-state index contributed by atoms with van der Waals surface area (Å²) in [5.41, 5.74) is 0.668. The van der Waals surface area contributed by atoms with E-state index >= 15 is 0 Å². The number of benzene rings is 1. The summed E-state index contributed by atoms with van der Waals surface area (Å²) in [5, 5.41) is 2.95. The van der Waals surface area contributed by atoms with Crippen molar-refractivity contribution in [2.45, 2.75) is 6.54 Å². The van der Waals surface area contributed by atoms with E-state index in [0.717, 1.165) is 37.1 Å². The minimum atomic E-state index is 0.00181. The third kappa shape index (κ3) is 5.59. The molecule has 2 aromatic rings. The van der Waals surface area contributed by atoms with Crippen molar-refractivity contribution in [3.05, 3.63) is 39.5 Å². The molecule has 1 aliphatic heterocycles. The van der Waals surface area contributed by atoms with Crippen LogP contribution in [0.25, 0.3) is 0 Å². The van der Waals surface area contributed by atoms with Crippen LogP contribution in [-0.4, -0.2) is 52.9 Å². The SMILES string of the molecule is COc1ccc(NC(=O)C[NH+]2CC[NH+](Cc3ccc(Cl)s3)CC2)c(OC)c1. The molecule has 0 spiro atoms. The lowest BCUT2D eigenvalue weighted by Gasteiger charge is -2.29. The van der Waals surface area contributed by atoms with Crippen molar-refractivity contribution in [2.24, 2.45) is 0 Å². The van der Waals surface area contributed by atoms with E-state index in [0.29, 0.717) is 23.7 Å². The first-order chi connectivity index (χ1) is 13.1. The summed E-state index contributed by atoms with van der Waals surface area (Å²) < 4.78 is 11.4. The zero-order valence-corrected chi connectivity index (χ0v) is 17.2.